The maximum Gasteiger partial charge on any atom is 0.338 e. The molecule has 0 amide bonds. The van der Waals surface area contributed by atoms with E-state index in [-0.39, 0.29) is 35.6 Å². The Morgan fingerprint density at radius 2 is 1.46 bits per heavy atom. The molecule has 0 atom stereocenters. The summed E-state index contributed by atoms with van der Waals surface area (Å²) in [6, 6.07) is 11.1. The van der Waals surface area contributed by atoms with Gasteiger partial charge in [0.05, 0.1) is 18.2 Å². The van der Waals surface area contributed by atoms with Crippen LogP contribution in [-0.4, -0.2) is 55.7 Å². The largest absolute Gasteiger partial charge is 0.465 e. The molecule has 0 fully saturated rings. The molecule has 37 heavy (non-hydrogen) atoms. The molecule has 0 aliphatic heterocycles. The van der Waals surface area contributed by atoms with Crippen molar-refractivity contribution >= 4 is 47.1 Å². The number of ether oxygens (including phenoxy) is 3. The fraction of sp³-hybridized carbons (Fsp3) is 0.231. The molecule has 194 valence electrons. The molecule has 0 aliphatic rings. The lowest BCUT2D eigenvalue weighted by atomic mass is 10.0. The van der Waals surface area contributed by atoms with Crippen LogP contribution < -0.4 is 0 Å². The lowest BCUT2D eigenvalue weighted by Gasteiger charge is -2.10. The average molecular weight is 528 g/mol. The third-order valence-electron chi connectivity index (χ3n) is 4.50. The van der Waals surface area contributed by atoms with Crippen LogP contribution in [0.15, 0.2) is 69.6 Å². The number of Topliss-reactive ketones (excluding diaryl/α,β-unsaturated/α-hetero) is 1. The average Bonchev–Trinajstić information content (AvgIpc) is 2.88. The van der Waals surface area contributed by atoms with Crippen molar-refractivity contribution < 1.29 is 43.0 Å². The van der Waals surface area contributed by atoms with Crippen molar-refractivity contribution in [3.63, 3.8) is 0 Å². The van der Waals surface area contributed by atoms with Crippen LogP contribution in [0.5, 0.6) is 0 Å². The quantitative estimate of drug-likeness (QED) is 0.0616. The SMILES string of the molecule is C=C(C)C(=O)OCCOC(=O)c1ccc(Sc2ccc(C(=O)/C(C)=N/OC(C)=O)c(C(=O)OC)c2)cc1. The van der Waals surface area contributed by atoms with Gasteiger partial charge in [0.15, 0.2) is 0 Å². The van der Waals surface area contributed by atoms with Crippen LogP contribution in [0.2, 0.25) is 0 Å². The van der Waals surface area contributed by atoms with Crippen molar-refractivity contribution in [1.29, 1.82) is 0 Å². The number of hydrogen-bond donors (Lipinski definition) is 0. The van der Waals surface area contributed by atoms with Gasteiger partial charge < -0.3 is 19.0 Å². The molecule has 0 unspecified atom stereocenters. The van der Waals surface area contributed by atoms with Gasteiger partial charge >= 0.3 is 23.9 Å². The molecular weight excluding hydrogens is 502 g/mol. The molecule has 0 aliphatic carbocycles. The summed E-state index contributed by atoms with van der Waals surface area (Å²) in [5, 5.41) is 3.47. The van der Waals surface area contributed by atoms with Gasteiger partial charge in [0.25, 0.3) is 0 Å². The number of nitrogens with zero attached hydrogens (tertiary/aromatic N) is 1. The summed E-state index contributed by atoms with van der Waals surface area (Å²) >= 11 is 1.28. The van der Waals surface area contributed by atoms with E-state index in [4.69, 9.17) is 14.2 Å². The Hall–Kier alpha value is -4.25. The highest BCUT2D eigenvalue weighted by Gasteiger charge is 2.21. The van der Waals surface area contributed by atoms with Gasteiger partial charge in [-0.3, -0.25) is 4.79 Å². The number of benzene rings is 2. The third kappa shape index (κ3) is 8.73. The first kappa shape index (κ1) is 29.0. The normalized spacial score (nSPS) is 10.8. The number of hydrogen-bond acceptors (Lipinski definition) is 11. The van der Waals surface area contributed by atoms with E-state index in [0.29, 0.717) is 10.5 Å². The van der Waals surface area contributed by atoms with E-state index in [1.807, 2.05) is 0 Å². The zero-order chi connectivity index (χ0) is 27.5. The molecular formula is C26H25NO9S. The monoisotopic (exact) mass is 527 g/mol. The van der Waals surface area contributed by atoms with Gasteiger partial charge in [-0.2, -0.15) is 0 Å². The van der Waals surface area contributed by atoms with E-state index >= 15 is 0 Å². The van der Waals surface area contributed by atoms with E-state index < -0.39 is 29.7 Å². The van der Waals surface area contributed by atoms with Crippen LogP contribution >= 0.6 is 11.8 Å². The first-order valence-electron chi connectivity index (χ1n) is 10.8. The smallest absolute Gasteiger partial charge is 0.338 e. The zero-order valence-electron chi connectivity index (χ0n) is 20.7. The third-order valence-corrected chi connectivity index (χ3v) is 5.50. The van der Waals surface area contributed by atoms with Crippen molar-refractivity contribution in [3.8, 4) is 0 Å². The number of methoxy groups -OCH3 is 1. The van der Waals surface area contributed by atoms with Gasteiger partial charge in [-0.1, -0.05) is 23.5 Å². The Bertz CT molecular complexity index is 1250. The first-order valence-corrected chi connectivity index (χ1v) is 11.6. The lowest BCUT2D eigenvalue weighted by Crippen LogP contribution is -2.17. The van der Waals surface area contributed by atoms with Gasteiger partial charge in [0, 0.05) is 27.9 Å². The zero-order valence-corrected chi connectivity index (χ0v) is 21.5. The van der Waals surface area contributed by atoms with E-state index in [1.54, 1.807) is 30.3 Å². The van der Waals surface area contributed by atoms with Crippen LogP contribution in [-0.2, 0) is 28.6 Å². The maximum absolute atomic E-state index is 12.7. The summed E-state index contributed by atoms with van der Waals surface area (Å²) in [6.07, 6.45) is 0. The molecule has 0 spiro atoms. The fourth-order valence-corrected chi connectivity index (χ4v) is 3.56. The molecule has 0 bridgehead atoms. The summed E-state index contributed by atoms with van der Waals surface area (Å²) in [5.74, 6) is -3.15. The standard InChI is InChI=1S/C26H25NO9S/c1-15(2)24(30)34-12-13-35-25(31)18-6-8-19(9-7-18)37-20-10-11-21(22(14-20)26(32)33-5)23(29)16(3)27-36-17(4)28/h6-11,14H,1,12-13H2,2-5H3/b27-16+. The molecule has 2 aromatic carbocycles. The van der Waals surface area contributed by atoms with E-state index in [0.717, 1.165) is 11.8 Å². The minimum Gasteiger partial charge on any atom is -0.465 e. The van der Waals surface area contributed by atoms with Crippen molar-refractivity contribution in [1.82, 2.24) is 0 Å². The first-order chi connectivity index (χ1) is 17.5. The van der Waals surface area contributed by atoms with Crippen molar-refractivity contribution in [2.24, 2.45) is 5.16 Å². The minimum absolute atomic E-state index is 0.0161. The lowest BCUT2D eigenvalue weighted by molar-refractivity contribution is -0.141. The summed E-state index contributed by atoms with van der Waals surface area (Å²) in [7, 11) is 1.19. The molecule has 0 heterocycles. The van der Waals surface area contributed by atoms with Gasteiger partial charge in [-0.25, -0.2) is 19.2 Å². The van der Waals surface area contributed by atoms with Crippen molar-refractivity contribution in [3.05, 3.63) is 71.3 Å². The second-order valence-electron chi connectivity index (χ2n) is 7.47. The van der Waals surface area contributed by atoms with E-state index in [2.05, 4.69) is 16.6 Å². The molecule has 0 radical (unpaired) electrons. The molecule has 0 N–H and O–H groups in total. The molecule has 10 nitrogen and oxygen atoms in total. The summed E-state index contributed by atoms with van der Waals surface area (Å²) < 4.78 is 14.8. The van der Waals surface area contributed by atoms with Gasteiger partial charge in [0.2, 0.25) is 5.78 Å². The van der Waals surface area contributed by atoms with Crippen molar-refractivity contribution in [2.75, 3.05) is 20.3 Å². The van der Waals surface area contributed by atoms with E-state index in [1.165, 1.54) is 44.9 Å². The number of esters is 3. The van der Waals surface area contributed by atoms with Crippen LogP contribution in [0.4, 0.5) is 0 Å². The van der Waals surface area contributed by atoms with Gasteiger partial charge in [-0.15, -0.1) is 0 Å². The second-order valence-corrected chi connectivity index (χ2v) is 8.61. The summed E-state index contributed by atoms with van der Waals surface area (Å²) in [4.78, 5) is 65.4. The molecule has 0 saturated heterocycles. The van der Waals surface area contributed by atoms with Crippen LogP contribution in [0, 0.1) is 0 Å². The Morgan fingerprint density at radius 3 is 2.05 bits per heavy atom. The van der Waals surface area contributed by atoms with Crippen LogP contribution in [0.3, 0.4) is 0 Å². The number of rotatable bonds is 11. The highest BCUT2D eigenvalue weighted by Crippen LogP contribution is 2.30. The molecule has 2 aromatic rings. The number of oxime groups is 1. The number of ketones is 1. The second kappa shape index (κ2) is 13.7. The Balaban J connectivity index is 2.10. The minimum atomic E-state index is -0.724. The Kier molecular flexibility index (Phi) is 10.8. The topological polar surface area (TPSA) is 135 Å². The fourth-order valence-electron chi connectivity index (χ4n) is 2.70. The Morgan fingerprint density at radius 1 is 0.838 bits per heavy atom. The van der Waals surface area contributed by atoms with Gasteiger partial charge in [0.1, 0.15) is 18.9 Å². The molecule has 0 saturated carbocycles. The highest BCUT2D eigenvalue weighted by molar-refractivity contribution is 7.99. The van der Waals surface area contributed by atoms with Crippen molar-refractivity contribution in [2.45, 2.75) is 30.6 Å². The molecule has 0 aromatic heterocycles. The predicted molar refractivity (Wildman–Crippen MR) is 134 cm³/mol. The molecule has 11 heteroatoms. The highest BCUT2D eigenvalue weighted by atomic mass is 32.2. The summed E-state index contributed by atoms with van der Waals surface area (Å²) in [6.45, 7) is 7.30. The van der Waals surface area contributed by atoms with Crippen LogP contribution in [0.1, 0.15) is 51.8 Å². The van der Waals surface area contributed by atoms with Crippen LogP contribution in [0.25, 0.3) is 0 Å². The summed E-state index contributed by atoms with van der Waals surface area (Å²) in [5.41, 5.74) is 0.494. The molecule has 2 rings (SSSR count). The maximum atomic E-state index is 12.7. The number of carbonyl (C=O) groups is 5. The van der Waals surface area contributed by atoms with Gasteiger partial charge in [-0.05, 0) is 56.3 Å². The predicted octanol–water partition coefficient (Wildman–Crippen LogP) is 4.02. The Labute approximate surface area is 217 Å². The number of carbonyl (C=O) groups excluding carboxylic acids is 5. The van der Waals surface area contributed by atoms with E-state index in [9.17, 15) is 24.0 Å².